The maximum atomic E-state index is 5.84. The second kappa shape index (κ2) is 3.37. The van der Waals surface area contributed by atoms with Crippen molar-refractivity contribution in [3.05, 3.63) is 48.1 Å². The van der Waals surface area contributed by atoms with Crippen LogP contribution in [0.25, 0.3) is 0 Å². The lowest BCUT2D eigenvalue weighted by molar-refractivity contribution is 0.365. The van der Waals surface area contributed by atoms with Gasteiger partial charge in [-0.3, -0.25) is 0 Å². The van der Waals surface area contributed by atoms with Crippen LogP contribution >= 0.6 is 0 Å². The zero-order valence-electron chi connectivity index (χ0n) is 6.84. The molecule has 0 amide bonds. The van der Waals surface area contributed by atoms with Crippen molar-refractivity contribution >= 4 is 0 Å². The molecule has 0 aliphatic rings. The molecule has 0 unspecified atom stereocenters. The first-order chi connectivity index (χ1) is 6.38. The van der Waals surface area contributed by atoms with Crippen molar-refractivity contribution < 1.29 is 4.52 Å². The molecule has 0 saturated heterocycles. The van der Waals surface area contributed by atoms with Crippen molar-refractivity contribution in [2.75, 3.05) is 0 Å². The molecule has 1 radical (unpaired) electrons. The fraction of sp³-hybridized carbons (Fsp3) is 0.111. The second-order valence-corrected chi connectivity index (χ2v) is 2.62. The van der Waals surface area contributed by atoms with E-state index < -0.39 is 0 Å². The fourth-order valence-electron chi connectivity index (χ4n) is 1.09. The van der Waals surface area contributed by atoms with E-state index in [0.29, 0.717) is 5.89 Å². The van der Waals surface area contributed by atoms with Crippen LogP contribution in [0, 0.1) is 6.33 Å². The summed E-state index contributed by atoms with van der Waals surface area (Å²) < 4.78 is 4.81. The third-order valence-corrected chi connectivity index (χ3v) is 1.76. The van der Waals surface area contributed by atoms with Gasteiger partial charge in [-0.05, 0) is 5.56 Å². The SMILES string of the molecule is N[C@@H](c1ccccc1)c1n[c]no1. The van der Waals surface area contributed by atoms with Crippen LogP contribution in [0.3, 0.4) is 0 Å². The van der Waals surface area contributed by atoms with Crippen LogP contribution in [0.15, 0.2) is 34.9 Å². The molecule has 4 nitrogen and oxygen atoms in total. The highest BCUT2D eigenvalue weighted by atomic mass is 16.5. The Balaban J connectivity index is 2.29. The average Bonchev–Trinajstić information content (AvgIpc) is 2.71. The van der Waals surface area contributed by atoms with Gasteiger partial charge in [0.15, 0.2) is 0 Å². The largest absolute Gasteiger partial charge is 0.337 e. The molecule has 4 heteroatoms. The van der Waals surface area contributed by atoms with Crippen LogP contribution < -0.4 is 5.73 Å². The van der Waals surface area contributed by atoms with Gasteiger partial charge in [0.2, 0.25) is 12.2 Å². The van der Waals surface area contributed by atoms with Crippen molar-refractivity contribution in [2.24, 2.45) is 5.73 Å². The Morgan fingerprint density at radius 3 is 2.69 bits per heavy atom. The molecule has 1 heterocycles. The lowest BCUT2D eigenvalue weighted by atomic mass is 10.1. The van der Waals surface area contributed by atoms with Gasteiger partial charge in [-0.15, -0.1) is 0 Å². The van der Waals surface area contributed by atoms with Crippen LogP contribution in [0.1, 0.15) is 17.5 Å². The van der Waals surface area contributed by atoms with E-state index in [9.17, 15) is 0 Å². The van der Waals surface area contributed by atoms with Crippen molar-refractivity contribution in [3.63, 3.8) is 0 Å². The van der Waals surface area contributed by atoms with E-state index in [-0.39, 0.29) is 6.04 Å². The second-order valence-electron chi connectivity index (χ2n) is 2.62. The number of nitrogens with two attached hydrogens (primary N) is 1. The highest BCUT2D eigenvalue weighted by molar-refractivity contribution is 5.22. The van der Waals surface area contributed by atoms with Crippen LogP contribution in [-0.2, 0) is 0 Å². The predicted molar refractivity (Wildman–Crippen MR) is 45.6 cm³/mol. The number of nitrogens with zero attached hydrogens (tertiary/aromatic N) is 2. The summed E-state index contributed by atoms with van der Waals surface area (Å²) in [6, 6.07) is 9.21. The maximum Gasteiger partial charge on any atom is 0.248 e. The van der Waals surface area contributed by atoms with E-state index in [1.807, 2.05) is 30.3 Å². The zero-order chi connectivity index (χ0) is 9.10. The summed E-state index contributed by atoms with van der Waals surface area (Å²) in [5, 5.41) is 3.38. The monoisotopic (exact) mass is 174 g/mol. The van der Waals surface area contributed by atoms with Crippen LogP contribution in [0.2, 0.25) is 0 Å². The molecule has 2 rings (SSSR count). The summed E-state index contributed by atoms with van der Waals surface area (Å²) in [6.07, 6.45) is 2.33. The van der Waals surface area contributed by atoms with E-state index in [1.165, 1.54) is 0 Å². The molecule has 1 atom stereocenters. The summed E-state index contributed by atoms with van der Waals surface area (Å²) >= 11 is 0. The molecule has 1 aromatic heterocycles. The lowest BCUT2D eigenvalue weighted by Gasteiger charge is -2.05. The molecule has 0 spiro atoms. The smallest absolute Gasteiger partial charge is 0.248 e. The molecule has 0 fully saturated rings. The molecule has 0 aliphatic heterocycles. The Morgan fingerprint density at radius 2 is 2.08 bits per heavy atom. The first-order valence-corrected chi connectivity index (χ1v) is 3.88. The van der Waals surface area contributed by atoms with Crippen LogP contribution in [0.4, 0.5) is 0 Å². The van der Waals surface area contributed by atoms with Gasteiger partial charge in [0.05, 0.1) is 0 Å². The van der Waals surface area contributed by atoms with Crippen molar-refractivity contribution in [1.29, 1.82) is 0 Å². The summed E-state index contributed by atoms with van der Waals surface area (Å²) in [5.74, 6) is 0.381. The number of benzene rings is 1. The molecular formula is C9H8N3O. The van der Waals surface area contributed by atoms with Gasteiger partial charge < -0.3 is 10.3 Å². The standard InChI is InChI=1S/C9H8N3O/c10-8(9-11-6-12-13-9)7-4-2-1-3-5-7/h1-5,8H,10H2/t8-/m0/s1. The van der Waals surface area contributed by atoms with E-state index >= 15 is 0 Å². The van der Waals surface area contributed by atoms with E-state index in [2.05, 4.69) is 16.5 Å². The summed E-state index contributed by atoms with van der Waals surface area (Å²) in [6.45, 7) is 0. The molecule has 2 aromatic rings. The Bertz CT molecular complexity index is 358. The number of aromatic nitrogens is 2. The number of rotatable bonds is 2. The minimum absolute atomic E-state index is 0.361. The number of hydrogen-bond acceptors (Lipinski definition) is 4. The Morgan fingerprint density at radius 1 is 1.31 bits per heavy atom. The first kappa shape index (κ1) is 7.94. The molecule has 0 bridgehead atoms. The Labute approximate surface area is 75.4 Å². The molecule has 0 saturated carbocycles. The van der Waals surface area contributed by atoms with Crippen molar-refractivity contribution in [3.8, 4) is 0 Å². The Kier molecular flexibility index (Phi) is 2.06. The third-order valence-electron chi connectivity index (χ3n) is 1.76. The van der Waals surface area contributed by atoms with Gasteiger partial charge in [0.25, 0.3) is 0 Å². The topological polar surface area (TPSA) is 64.9 Å². The minimum atomic E-state index is -0.361. The van der Waals surface area contributed by atoms with E-state index in [4.69, 9.17) is 10.3 Å². The first-order valence-electron chi connectivity index (χ1n) is 3.88. The van der Waals surface area contributed by atoms with Gasteiger partial charge in [0.1, 0.15) is 6.04 Å². The molecule has 2 N–H and O–H groups in total. The molecular weight excluding hydrogens is 166 g/mol. The van der Waals surface area contributed by atoms with Crippen LogP contribution in [-0.4, -0.2) is 10.1 Å². The van der Waals surface area contributed by atoms with Crippen molar-refractivity contribution in [1.82, 2.24) is 10.1 Å². The van der Waals surface area contributed by atoms with E-state index in [0.717, 1.165) is 5.56 Å². The minimum Gasteiger partial charge on any atom is -0.337 e. The highest BCUT2D eigenvalue weighted by Gasteiger charge is 2.13. The lowest BCUT2D eigenvalue weighted by Crippen LogP contribution is -2.11. The highest BCUT2D eigenvalue weighted by Crippen LogP contribution is 2.15. The van der Waals surface area contributed by atoms with Gasteiger partial charge in [-0.1, -0.05) is 35.5 Å². The van der Waals surface area contributed by atoms with Gasteiger partial charge in [-0.25, -0.2) is 0 Å². The average molecular weight is 174 g/mol. The summed E-state index contributed by atoms with van der Waals surface area (Å²) in [7, 11) is 0. The van der Waals surface area contributed by atoms with Gasteiger partial charge >= 0.3 is 0 Å². The third kappa shape index (κ3) is 1.57. The van der Waals surface area contributed by atoms with Gasteiger partial charge in [0, 0.05) is 0 Å². The summed E-state index contributed by atoms with van der Waals surface area (Å²) in [5.41, 5.74) is 6.79. The summed E-state index contributed by atoms with van der Waals surface area (Å²) in [4.78, 5) is 3.76. The van der Waals surface area contributed by atoms with E-state index in [1.54, 1.807) is 0 Å². The molecule has 1 aromatic carbocycles. The normalized spacial score (nSPS) is 12.7. The van der Waals surface area contributed by atoms with Gasteiger partial charge in [-0.2, -0.15) is 4.98 Å². The van der Waals surface area contributed by atoms with Crippen LogP contribution in [0.5, 0.6) is 0 Å². The van der Waals surface area contributed by atoms with Crippen molar-refractivity contribution in [2.45, 2.75) is 6.04 Å². The molecule has 13 heavy (non-hydrogen) atoms. The number of hydrogen-bond donors (Lipinski definition) is 1. The molecule has 0 aliphatic carbocycles. The fourth-order valence-corrected chi connectivity index (χ4v) is 1.09. The predicted octanol–water partition coefficient (Wildman–Crippen LogP) is 0.918. The molecule has 65 valence electrons. The maximum absolute atomic E-state index is 5.84. The Hall–Kier alpha value is -1.68. The zero-order valence-corrected chi connectivity index (χ0v) is 6.84. The quantitative estimate of drug-likeness (QED) is 0.735.